The van der Waals surface area contributed by atoms with Gasteiger partial charge in [-0.05, 0) is 62.3 Å². The Kier molecular flexibility index (Phi) is 4.15. The quantitative estimate of drug-likeness (QED) is 0.815. The Hall–Kier alpha value is -1.62. The predicted molar refractivity (Wildman–Crippen MR) is 99.8 cm³/mol. The maximum atomic E-state index is 12.8. The lowest BCUT2D eigenvalue weighted by molar-refractivity contribution is -0.892. The fraction of sp³-hybridized carbons (Fsp3) is 0.714. The van der Waals surface area contributed by atoms with Crippen molar-refractivity contribution < 1.29 is 14.7 Å². The summed E-state index contributed by atoms with van der Waals surface area (Å²) < 4.78 is 0. The highest BCUT2D eigenvalue weighted by atomic mass is 16.2. The van der Waals surface area contributed by atoms with E-state index in [1.54, 1.807) is 0 Å². The van der Waals surface area contributed by atoms with E-state index in [0.29, 0.717) is 12.5 Å². The van der Waals surface area contributed by atoms with Gasteiger partial charge in [0, 0.05) is 11.6 Å². The average molecular weight is 357 g/mol. The zero-order valence-electron chi connectivity index (χ0n) is 15.7. The van der Waals surface area contributed by atoms with Gasteiger partial charge < -0.3 is 10.2 Å². The van der Waals surface area contributed by atoms with Crippen molar-refractivity contribution in [1.82, 2.24) is 5.32 Å². The minimum Gasteiger partial charge on any atom is -0.346 e. The summed E-state index contributed by atoms with van der Waals surface area (Å²) in [4.78, 5) is 19.9. The molecule has 2 heterocycles. The average Bonchev–Trinajstić information content (AvgIpc) is 2.61. The molecule has 1 amide bonds. The van der Waals surface area contributed by atoms with E-state index in [2.05, 4.69) is 27.3 Å². The van der Waals surface area contributed by atoms with Crippen LogP contribution < -0.4 is 20.1 Å². The van der Waals surface area contributed by atoms with Crippen molar-refractivity contribution >= 4 is 11.7 Å². The van der Waals surface area contributed by atoms with Crippen LogP contribution in [0.3, 0.4) is 0 Å². The molecule has 0 radical (unpaired) electrons. The number of hydrogen-bond acceptors (Lipinski definition) is 2. The zero-order valence-corrected chi connectivity index (χ0v) is 15.7. The lowest BCUT2D eigenvalue weighted by Crippen LogP contribution is -3.16. The Morgan fingerprint density at radius 2 is 1.77 bits per heavy atom. The molecule has 4 aliphatic carbocycles. The van der Waals surface area contributed by atoms with Crippen molar-refractivity contribution in [2.24, 2.45) is 17.8 Å². The summed E-state index contributed by atoms with van der Waals surface area (Å²) in [7, 11) is 0. The van der Waals surface area contributed by atoms with Gasteiger partial charge in [0.15, 0.2) is 6.54 Å². The molecule has 1 aromatic heterocycles. The first kappa shape index (κ1) is 16.5. The Balaban J connectivity index is 1.14. The Labute approximate surface area is 156 Å². The first-order valence-electron chi connectivity index (χ1n) is 10.5. The Morgan fingerprint density at radius 3 is 2.35 bits per heavy atom. The molecule has 1 saturated heterocycles. The number of aromatic amines is 1. The number of rotatable bonds is 4. The van der Waals surface area contributed by atoms with Gasteiger partial charge in [0.05, 0.1) is 6.20 Å². The molecule has 0 atom stereocenters. The monoisotopic (exact) mass is 356 g/mol. The van der Waals surface area contributed by atoms with E-state index in [1.807, 2.05) is 12.3 Å². The highest BCUT2D eigenvalue weighted by Gasteiger charge is 2.51. The molecule has 5 fully saturated rings. The summed E-state index contributed by atoms with van der Waals surface area (Å²) in [5, 5.41) is 3.54. The number of hydrogen-bond donors (Lipinski definition) is 2. The number of quaternary nitrogens is 1. The molecule has 0 unspecified atom stereocenters. The van der Waals surface area contributed by atoms with Gasteiger partial charge in [-0.3, -0.25) is 9.69 Å². The third kappa shape index (κ3) is 3.22. The molecule has 5 heteroatoms. The van der Waals surface area contributed by atoms with Crippen LogP contribution in [0.4, 0.5) is 5.82 Å². The van der Waals surface area contributed by atoms with E-state index in [9.17, 15) is 4.79 Å². The van der Waals surface area contributed by atoms with Gasteiger partial charge in [-0.25, -0.2) is 4.98 Å². The van der Waals surface area contributed by atoms with Gasteiger partial charge in [0.25, 0.3) is 11.7 Å². The summed E-state index contributed by atoms with van der Waals surface area (Å²) in [6.07, 6.45) is 10.0. The molecule has 26 heavy (non-hydrogen) atoms. The molecule has 0 aromatic carbocycles. The van der Waals surface area contributed by atoms with Crippen LogP contribution in [0.15, 0.2) is 24.4 Å². The van der Waals surface area contributed by atoms with E-state index in [1.165, 1.54) is 49.2 Å². The SMILES string of the molecule is O=C(C[NH+]1CCN(c2cccc[nH+]2)CC1)NC12CC3CC(CC(C3)C1)C2. The maximum absolute atomic E-state index is 12.8. The van der Waals surface area contributed by atoms with Crippen molar-refractivity contribution in [3.63, 3.8) is 0 Å². The maximum Gasteiger partial charge on any atom is 0.275 e. The molecule has 6 rings (SSSR count). The van der Waals surface area contributed by atoms with E-state index < -0.39 is 0 Å². The lowest BCUT2D eigenvalue weighted by Gasteiger charge is -2.56. The number of nitrogens with zero attached hydrogens (tertiary/aromatic N) is 1. The lowest BCUT2D eigenvalue weighted by atomic mass is 9.53. The van der Waals surface area contributed by atoms with E-state index in [-0.39, 0.29) is 5.54 Å². The van der Waals surface area contributed by atoms with Crippen LogP contribution in [0.5, 0.6) is 0 Å². The fourth-order valence-electron chi connectivity index (χ4n) is 6.65. The topological polar surface area (TPSA) is 50.9 Å². The van der Waals surface area contributed by atoms with Crippen molar-refractivity contribution in [2.75, 3.05) is 37.6 Å². The molecule has 3 N–H and O–H groups in total. The minimum atomic E-state index is 0.159. The second-order valence-electron chi connectivity index (χ2n) is 9.41. The second kappa shape index (κ2) is 6.52. The van der Waals surface area contributed by atoms with Crippen LogP contribution in [0.2, 0.25) is 0 Å². The van der Waals surface area contributed by atoms with E-state index in [4.69, 9.17) is 0 Å². The number of piperazine rings is 1. The largest absolute Gasteiger partial charge is 0.346 e. The molecule has 4 bridgehead atoms. The first-order chi connectivity index (χ1) is 12.7. The second-order valence-corrected chi connectivity index (χ2v) is 9.41. The number of aromatic nitrogens is 1. The number of amides is 1. The van der Waals surface area contributed by atoms with Gasteiger partial charge in [0.2, 0.25) is 0 Å². The van der Waals surface area contributed by atoms with Crippen LogP contribution in [-0.2, 0) is 4.79 Å². The summed E-state index contributed by atoms with van der Waals surface area (Å²) in [5.41, 5.74) is 0.159. The molecular formula is C21H32N4O+2. The van der Waals surface area contributed by atoms with Gasteiger partial charge >= 0.3 is 0 Å². The summed E-state index contributed by atoms with van der Waals surface area (Å²) >= 11 is 0. The van der Waals surface area contributed by atoms with Crippen LogP contribution >= 0.6 is 0 Å². The normalized spacial score (nSPS) is 36.3. The molecule has 1 aliphatic heterocycles. The number of carbonyl (C=O) groups excluding carboxylic acids is 1. The molecule has 4 saturated carbocycles. The summed E-state index contributed by atoms with van der Waals surface area (Å²) in [6, 6.07) is 6.22. The van der Waals surface area contributed by atoms with Crippen molar-refractivity contribution in [2.45, 2.75) is 44.1 Å². The highest BCUT2D eigenvalue weighted by molar-refractivity contribution is 5.77. The smallest absolute Gasteiger partial charge is 0.275 e. The van der Waals surface area contributed by atoms with Crippen molar-refractivity contribution in [1.29, 1.82) is 0 Å². The molecule has 5 nitrogen and oxygen atoms in total. The van der Waals surface area contributed by atoms with Crippen LogP contribution in [-0.4, -0.2) is 44.2 Å². The van der Waals surface area contributed by atoms with Gasteiger partial charge in [-0.1, -0.05) is 6.07 Å². The fourth-order valence-corrected chi connectivity index (χ4v) is 6.65. The summed E-state index contributed by atoms with van der Waals surface area (Å²) in [5.74, 6) is 4.14. The predicted octanol–water partition coefficient (Wildman–Crippen LogP) is 0.291. The van der Waals surface area contributed by atoms with Crippen LogP contribution in [0.1, 0.15) is 38.5 Å². The van der Waals surface area contributed by atoms with Gasteiger partial charge in [0.1, 0.15) is 26.2 Å². The van der Waals surface area contributed by atoms with Gasteiger partial charge in [-0.2, -0.15) is 0 Å². The minimum absolute atomic E-state index is 0.159. The third-order valence-corrected chi connectivity index (χ3v) is 7.36. The van der Waals surface area contributed by atoms with Crippen molar-refractivity contribution in [3.05, 3.63) is 24.4 Å². The number of carbonyl (C=O) groups is 1. The zero-order chi connectivity index (χ0) is 17.6. The van der Waals surface area contributed by atoms with Crippen LogP contribution in [0, 0.1) is 17.8 Å². The number of pyridine rings is 1. The molecular weight excluding hydrogens is 324 g/mol. The molecule has 5 aliphatic rings. The number of H-pyrrole nitrogens is 1. The number of anilines is 1. The van der Waals surface area contributed by atoms with E-state index >= 15 is 0 Å². The van der Waals surface area contributed by atoms with Crippen LogP contribution in [0.25, 0.3) is 0 Å². The standard InChI is InChI=1S/C21H30N4O/c26-20(23-21-12-16-9-17(13-21)11-18(10-16)14-21)15-24-5-7-25(8-6-24)19-3-1-2-4-22-19/h1-4,16-18H,5-15H2,(H,23,26)/p+2. The summed E-state index contributed by atoms with van der Waals surface area (Å²) in [6.45, 7) is 4.75. The van der Waals surface area contributed by atoms with E-state index in [0.717, 1.165) is 43.9 Å². The molecule has 0 spiro atoms. The first-order valence-corrected chi connectivity index (χ1v) is 10.5. The van der Waals surface area contributed by atoms with Gasteiger partial charge in [-0.15, -0.1) is 0 Å². The Bertz CT molecular complexity index is 618. The van der Waals surface area contributed by atoms with Crippen molar-refractivity contribution in [3.8, 4) is 0 Å². The highest BCUT2D eigenvalue weighted by Crippen LogP contribution is 2.55. The molecule has 140 valence electrons. The molecule has 1 aromatic rings. The third-order valence-electron chi connectivity index (χ3n) is 7.36. The Morgan fingerprint density at radius 1 is 1.12 bits per heavy atom. The number of nitrogens with one attached hydrogen (secondary N) is 3.